The number of hydrogen-bond acceptors (Lipinski definition) is 2. The summed E-state index contributed by atoms with van der Waals surface area (Å²) in [6.45, 7) is 13.1. The van der Waals surface area contributed by atoms with E-state index in [-0.39, 0.29) is 0 Å². The second kappa shape index (κ2) is 8.37. The van der Waals surface area contributed by atoms with Gasteiger partial charge in [-0.1, -0.05) is 27.7 Å². The molecule has 0 amide bonds. The van der Waals surface area contributed by atoms with Gasteiger partial charge in [0, 0.05) is 39.1 Å². The molecular weight excluding hydrogens is 286 g/mol. The van der Waals surface area contributed by atoms with Crippen LogP contribution in [0.15, 0.2) is 17.4 Å². The van der Waals surface area contributed by atoms with Crippen LogP contribution in [0.25, 0.3) is 0 Å². The van der Waals surface area contributed by atoms with Crippen LogP contribution < -0.4 is 5.32 Å². The van der Waals surface area contributed by atoms with Gasteiger partial charge in [0.1, 0.15) is 5.82 Å². The minimum atomic E-state index is 0.623. The van der Waals surface area contributed by atoms with E-state index < -0.39 is 0 Å². The smallest absolute Gasteiger partial charge is 0.194 e. The zero-order valence-electron chi connectivity index (χ0n) is 15.4. The molecule has 1 aromatic rings. The molecule has 1 unspecified atom stereocenters. The van der Waals surface area contributed by atoms with Crippen LogP contribution in [0.4, 0.5) is 0 Å². The molecule has 0 saturated carbocycles. The van der Waals surface area contributed by atoms with E-state index in [4.69, 9.17) is 0 Å². The first kappa shape index (κ1) is 17.8. The number of rotatable bonds is 6. The van der Waals surface area contributed by atoms with Gasteiger partial charge in [0.2, 0.25) is 0 Å². The second-order valence-corrected chi connectivity index (χ2v) is 7.52. The first-order chi connectivity index (χ1) is 11.0. The highest BCUT2D eigenvalue weighted by Crippen LogP contribution is 2.23. The minimum Gasteiger partial charge on any atom is -0.349 e. The van der Waals surface area contributed by atoms with E-state index in [1.807, 2.05) is 13.2 Å². The summed E-state index contributed by atoms with van der Waals surface area (Å²) in [6.07, 6.45) is 6.54. The maximum Gasteiger partial charge on any atom is 0.194 e. The highest BCUT2D eigenvalue weighted by molar-refractivity contribution is 5.80. The Morgan fingerprint density at radius 2 is 2.13 bits per heavy atom. The molecular formula is C18H33N5. The highest BCUT2D eigenvalue weighted by Gasteiger charge is 2.25. The van der Waals surface area contributed by atoms with Gasteiger partial charge in [0.15, 0.2) is 5.96 Å². The fourth-order valence-corrected chi connectivity index (χ4v) is 3.44. The molecule has 23 heavy (non-hydrogen) atoms. The van der Waals surface area contributed by atoms with E-state index >= 15 is 0 Å². The third-order valence-corrected chi connectivity index (χ3v) is 4.37. The van der Waals surface area contributed by atoms with E-state index in [0.29, 0.717) is 5.92 Å². The molecule has 1 aliphatic heterocycles. The van der Waals surface area contributed by atoms with Gasteiger partial charge >= 0.3 is 0 Å². The number of aromatic nitrogens is 2. The topological polar surface area (TPSA) is 45.5 Å². The highest BCUT2D eigenvalue weighted by atomic mass is 15.3. The lowest BCUT2D eigenvalue weighted by Gasteiger charge is -2.22. The van der Waals surface area contributed by atoms with Crippen LogP contribution in [0.1, 0.15) is 46.4 Å². The SMILES string of the molecule is CN=C(NCc1nccn1CC(C)C)N1CCC(CC(C)C)C1. The maximum atomic E-state index is 4.48. The van der Waals surface area contributed by atoms with E-state index in [1.54, 1.807) is 0 Å². The normalized spacial score (nSPS) is 19.2. The summed E-state index contributed by atoms with van der Waals surface area (Å²) in [6, 6.07) is 0. The second-order valence-electron chi connectivity index (χ2n) is 7.52. The predicted molar refractivity (Wildman–Crippen MR) is 96.4 cm³/mol. The average molecular weight is 319 g/mol. The summed E-state index contributed by atoms with van der Waals surface area (Å²) < 4.78 is 2.23. The molecule has 0 radical (unpaired) electrons. The first-order valence-corrected chi connectivity index (χ1v) is 8.95. The Kier molecular flexibility index (Phi) is 6.48. The van der Waals surface area contributed by atoms with Crippen molar-refractivity contribution < 1.29 is 0 Å². The van der Waals surface area contributed by atoms with Crippen molar-refractivity contribution in [2.24, 2.45) is 22.7 Å². The van der Waals surface area contributed by atoms with E-state index in [1.165, 1.54) is 12.8 Å². The van der Waals surface area contributed by atoms with Gasteiger partial charge in [-0.2, -0.15) is 0 Å². The van der Waals surface area contributed by atoms with Crippen LogP contribution in [-0.4, -0.2) is 40.5 Å². The molecule has 5 nitrogen and oxygen atoms in total. The molecule has 130 valence electrons. The van der Waals surface area contributed by atoms with Crippen molar-refractivity contribution in [2.45, 2.75) is 53.6 Å². The largest absolute Gasteiger partial charge is 0.349 e. The summed E-state index contributed by atoms with van der Waals surface area (Å²) in [4.78, 5) is 11.3. The van der Waals surface area contributed by atoms with E-state index in [2.05, 4.69) is 58.7 Å². The van der Waals surface area contributed by atoms with Crippen molar-refractivity contribution in [3.63, 3.8) is 0 Å². The molecule has 1 fully saturated rings. The van der Waals surface area contributed by atoms with Gasteiger partial charge in [-0.15, -0.1) is 0 Å². The van der Waals surface area contributed by atoms with Crippen molar-refractivity contribution >= 4 is 5.96 Å². The van der Waals surface area contributed by atoms with Crippen LogP contribution >= 0.6 is 0 Å². The predicted octanol–water partition coefficient (Wildman–Crippen LogP) is 2.98. The zero-order chi connectivity index (χ0) is 16.8. The van der Waals surface area contributed by atoms with Crippen molar-refractivity contribution in [2.75, 3.05) is 20.1 Å². The Morgan fingerprint density at radius 1 is 1.35 bits per heavy atom. The van der Waals surface area contributed by atoms with Crippen molar-refractivity contribution in [3.8, 4) is 0 Å². The fourth-order valence-electron chi connectivity index (χ4n) is 3.44. The molecule has 0 aromatic carbocycles. The van der Waals surface area contributed by atoms with E-state index in [9.17, 15) is 0 Å². The Labute approximate surface area is 141 Å². The third kappa shape index (κ3) is 5.26. The van der Waals surface area contributed by atoms with Gasteiger partial charge < -0.3 is 14.8 Å². The number of aliphatic imine (C=N–C) groups is 1. The number of nitrogens with one attached hydrogen (secondary N) is 1. The molecule has 0 aliphatic carbocycles. The van der Waals surface area contributed by atoms with Gasteiger partial charge in [-0.05, 0) is 30.6 Å². The summed E-state index contributed by atoms with van der Waals surface area (Å²) in [5.41, 5.74) is 0. The molecule has 5 heteroatoms. The quantitative estimate of drug-likeness (QED) is 0.647. The van der Waals surface area contributed by atoms with E-state index in [0.717, 1.165) is 49.8 Å². The van der Waals surface area contributed by atoms with Gasteiger partial charge in [0.25, 0.3) is 0 Å². The minimum absolute atomic E-state index is 0.623. The summed E-state index contributed by atoms with van der Waals surface area (Å²) in [5.74, 6) is 4.29. The van der Waals surface area contributed by atoms with Gasteiger partial charge in [-0.25, -0.2) is 4.98 Å². The Bertz CT molecular complexity index is 503. The number of imidazole rings is 1. The zero-order valence-corrected chi connectivity index (χ0v) is 15.4. The Morgan fingerprint density at radius 3 is 2.78 bits per heavy atom. The number of likely N-dealkylation sites (tertiary alicyclic amines) is 1. The molecule has 1 saturated heterocycles. The lowest BCUT2D eigenvalue weighted by molar-refractivity contribution is 0.402. The van der Waals surface area contributed by atoms with Crippen molar-refractivity contribution in [1.29, 1.82) is 0 Å². The van der Waals surface area contributed by atoms with Crippen LogP contribution in [0.5, 0.6) is 0 Å². The molecule has 0 spiro atoms. The molecule has 1 aliphatic rings. The van der Waals surface area contributed by atoms with Crippen LogP contribution in [0, 0.1) is 17.8 Å². The van der Waals surface area contributed by atoms with Crippen molar-refractivity contribution in [3.05, 3.63) is 18.2 Å². The Hall–Kier alpha value is -1.52. The molecule has 1 N–H and O–H groups in total. The molecule has 0 bridgehead atoms. The third-order valence-electron chi connectivity index (χ3n) is 4.37. The summed E-state index contributed by atoms with van der Waals surface area (Å²) in [5, 5.41) is 3.49. The van der Waals surface area contributed by atoms with Crippen LogP contribution in [0.3, 0.4) is 0 Å². The molecule has 1 aromatic heterocycles. The average Bonchev–Trinajstić information content (AvgIpc) is 3.09. The first-order valence-electron chi connectivity index (χ1n) is 8.95. The number of guanidine groups is 1. The van der Waals surface area contributed by atoms with Crippen molar-refractivity contribution in [1.82, 2.24) is 19.8 Å². The standard InChI is InChI=1S/C18H33N5/c1-14(2)10-16-6-8-23(13-16)18(19-5)21-11-17-20-7-9-22(17)12-15(3)4/h7,9,14-16H,6,8,10-13H2,1-5H3,(H,19,21). The lowest BCUT2D eigenvalue weighted by atomic mass is 9.97. The van der Waals surface area contributed by atoms with Crippen LogP contribution in [-0.2, 0) is 13.1 Å². The maximum absolute atomic E-state index is 4.48. The van der Waals surface area contributed by atoms with Gasteiger partial charge in [0.05, 0.1) is 6.54 Å². The van der Waals surface area contributed by atoms with Gasteiger partial charge in [-0.3, -0.25) is 4.99 Å². The fraction of sp³-hybridized carbons (Fsp3) is 0.778. The lowest BCUT2D eigenvalue weighted by Crippen LogP contribution is -2.40. The number of nitrogens with zero attached hydrogens (tertiary/aromatic N) is 4. The molecule has 1 atom stereocenters. The van der Waals surface area contributed by atoms with Crippen LogP contribution in [0.2, 0.25) is 0 Å². The summed E-state index contributed by atoms with van der Waals surface area (Å²) in [7, 11) is 1.87. The Balaban J connectivity index is 1.88. The molecule has 2 heterocycles. The monoisotopic (exact) mass is 319 g/mol. The number of hydrogen-bond donors (Lipinski definition) is 1. The molecule has 2 rings (SSSR count). The summed E-state index contributed by atoms with van der Waals surface area (Å²) >= 11 is 0.